The van der Waals surface area contributed by atoms with Gasteiger partial charge in [-0.1, -0.05) is 36.4 Å². The first-order chi connectivity index (χ1) is 11.6. The number of benzene rings is 2. The molecule has 0 radical (unpaired) electrons. The Bertz CT molecular complexity index is 712. The number of ether oxygens (including phenoxy) is 1. The summed E-state index contributed by atoms with van der Waals surface area (Å²) in [4.78, 5) is 22.8. The zero-order valence-electron chi connectivity index (χ0n) is 13.6. The van der Waals surface area contributed by atoms with Gasteiger partial charge in [-0.3, -0.25) is 9.59 Å². The predicted molar refractivity (Wildman–Crippen MR) is 91.9 cm³/mol. The van der Waals surface area contributed by atoms with Crippen LogP contribution in [0, 0.1) is 0 Å². The highest BCUT2D eigenvalue weighted by atomic mass is 16.5. The third-order valence-corrected chi connectivity index (χ3v) is 3.51. The van der Waals surface area contributed by atoms with Gasteiger partial charge in [-0.2, -0.15) is 0 Å². The maximum Gasteiger partial charge on any atom is 0.303 e. The minimum atomic E-state index is -0.833. The van der Waals surface area contributed by atoms with Crippen molar-refractivity contribution in [2.24, 2.45) is 0 Å². The molecule has 0 heterocycles. The van der Waals surface area contributed by atoms with E-state index in [4.69, 9.17) is 9.84 Å². The Kier molecular flexibility index (Phi) is 6.51. The van der Waals surface area contributed by atoms with E-state index in [1.54, 1.807) is 13.2 Å². The highest BCUT2D eigenvalue weighted by molar-refractivity contribution is 5.92. The summed E-state index contributed by atoms with van der Waals surface area (Å²) in [6.07, 6.45) is 0.790. The fourth-order valence-corrected chi connectivity index (χ4v) is 2.44. The summed E-state index contributed by atoms with van der Waals surface area (Å²) in [7, 11) is 1.64. The number of amides is 1. The second-order valence-corrected chi connectivity index (χ2v) is 5.57. The highest BCUT2D eigenvalue weighted by Gasteiger charge is 2.06. The van der Waals surface area contributed by atoms with E-state index in [1.807, 2.05) is 42.5 Å². The molecule has 2 aromatic rings. The number of carbonyl (C=O) groups is 2. The van der Waals surface area contributed by atoms with Crippen LogP contribution >= 0.6 is 0 Å². The van der Waals surface area contributed by atoms with Crippen molar-refractivity contribution in [1.29, 1.82) is 0 Å². The van der Waals surface area contributed by atoms with Crippen LogP contribution in [0.4, 0.5) is 5.69 Å². The maximum atomic E-state index is 12.2. The number of nitrogens with one attached hydrogen (secondary N) is 1. The fraction of sp³-hybridized carbons (Fsp3) is 0.263. The normalized spacial score (nSPS) is 10.4. The molecule has 0 aromatic heterocycles. The minimum absolute atomic E-state index is 0.0731. The summed E-state index contributed by atoms with van der Waals surface area (Å²) in [6.45, 7) is 0.515. The van der Waals surface area contributed by atoms with Crippen LogP contribution in [0.25, 0.3) is 0 Å². The Morgan fingerprint density at radius 2 is 1.75 bits per heavy atom. The molecule has 5 heteroatoms. The van der Waals surface area contributed by atoms with E-state index in [0.29, 0.717) is 18.7 Å². The van der Waals surface area contributed by atoms with Crippen molar-refractivity contribution < 1.29 is 19.4 Å². The van der Waals surface area contributed by atoms with Gasteiger partial charge in [0.2, 0.25) is 5.91 Å². The Balaban J connectivity index is 1.95. The number of anilines is 1. The third-order valence-electron chi connectivity index (χ3n) is 3.51. The van der Waals surface area contributed by atoms with Gasteiger partial charge in [-0.25, -0.2) is 0 Å². The van der Waals surface area contributed by atoms with Gasteiger partial charge in [0, 0.05) is 19.2 Å². The summed E-state index contributed by atoms with van der Waals surface area (Å²) in [5.74, 6) is -0.944. The maximum absolute atomic E-state index is 12.2. The van der Waals surface area contributed by atoms with Crippen LogP contribution in [-0.2, 0) is 33.8 Å². The molecule has 0 aliphatic heterocycles. The quantitative estimate of drug-likeness (QED) is 0.781. The number of carboxylic acids is 1. The van der Waals surface area contributed by atoms with Gasteiger partial charge in [0.1, 0.15) is 0 Å². The number of hydrogen-bond acceptors (Lipinski definition) is 3. The SMILES string of the molecule is COCc1cccc(CC(=O)Nc2cccc(CCC(=O)O)c2)c1. The lowest BCUT2D eigenvalue weighted by molar-refractivity contribution is -0.137. The average molecular weight is 327 g/mol. The molecule has 2 aromatic carbocycles. The molecule has 0 bridgehead atoms. The number of aryl methyl sites for hydroxylation is 1. The van der Waals surface area contributed by atoms with Crippen LogP contribution < -0.4 is 5.32 Å². The highest BCUT2D eigenvalue weighted by Crippen LogP contribution is 2.14. The second-order valence-electron chi connectivity index (χ2n) is 5.57. The van der Waals surface area contributed by atoms with Crippen LogP contribution in [0.15, 0.2) is 48.5 Å². The molecular weight excluding hydrogens is 306 g/mol. The molecule has 0 aliphatic rings. The second kappa shape index (κ2) is 8.84. The number of hydrogen-bond donors (Lipinski definition) is 2. The molecule has 126 valence electrons. The first-order valence-corrected chi connectivity index (χ1v) is 7.74. The average Bonchev–Trinajstić information content (AvgIpc) is 2.54. The molecule has 0 saturated carbocycles. The van der Waals surface area contributed by atoms with E-state index >= 15 is 0 Å². The number of carbonyl (C=O) groups excluding carboxylic acids is 1. The van der Waals surface area contributed by atoms with E-state index in [0.717, 1.165) is 16.7 Å². The number of rotatable bonds is 8. The van der Waals surface area contributed by atoms with Crippen LogP contribution in [0.3, 0.4) is 0 Å². The predicted octanol–water partition coefficient (Wildman–Crippen LogP) is 3.03. The summed E-state index contributed by atoms with van der Waals surface area (Å²) in [5.41, 5.74) is 3.51. The smallest absolute Gasteiger partial charge is 0.303 e. The van der Waals surface area contributed by atoms with Gasteiger partial charge < -0.3 is 15.2 Å². The molecular formula is C19H21NO4. The van der Waals surface area contributed by atoms with Gasteiger partial charge >= 0.3 is 5.97 Å². The zero-order chi connectivity index (χ0) is 17.4. The van der Waals surface area contributed by atoms with Gasteiger partial charge in [-0.05, 0) is 35.2 Å². The van der Waals surface area contributed by atoms with Crippen molar-refractivity contribution in [3.8, 4) is 0 Å². The Morgan fingerprint density at radius 1 is 1.04 bits per heavy atom. The summed E-state index contributed by atoms with van der Waals surface area (Å²) in [6, 6.07) is 15.0. The Morgan fingerprint density at radius 3 is 2.50 bits per heavy atom. The Labute approximate surface area is 141 Å². The van der Waals surface area contributed by atoms with Crippen LogP contribution in [-0.4, -0.2) is 24.1 Å². The summed E-state index contributed by atoms with van der Waals surface area (Å²) >= 11 is 0. The lowest BCUT2D eigenvalue weighted by atomic mass is 10.1. The first kappa shape index (κ1) is 17.7. The molecule has 0 unspecified atom stereocenters. The zero-order valence-corrected chi connectivity index (χ0v) is 13.6. The van der Waals surface area contributed by atoms with Crippen LogP contribution in [0.1, 0.15) is 23.1 Å². The van der Waals surface area contributed by atoms with Crippen molar-refractivity contribution in [3.05, 3.63) is 65.2 Å². The molecule has 0 atom stereocenters. The van der Waals surface area contributed by atoms with Crippen LogP contribution in [0.2, 0.25) is 0 Å². The lowest BCUT2D eigenvalue weighted by Gasteiger charge is -2.08. The molecule has 2 rings (SSSR count). The van der Waals surface area contributed by atoms with Crippen molar-refractivity contribution >= 4 is 17.6 Å². The van der Waals surface area contributed by atoms with Gasteiger partial charge in [0.15, 0.2) is 0 Å². The Hall–Kier alpha value is -2.66. The number of carboxylic acid groups (broad SMARTS) is 1. The summed E-state index contributed by atoms with van der Waals surface area (Å²) in [5, 5.41) is 11.6. The molecule has 2 N–H and O–H groups in total. The van der Waals surface area contributed by atoms with Crippen LogP contribution in [0.5, 0.6) is 0 Å². The van der Waals surface area contributed by atoms with E-state index in [1.165, 1.54) is 0 Å². The van der Waals surface area contributed by atoms with E-state index in [-0.39, 0.29) is 18.7 Å². The molecule has 5 nitrogen and oxygen atoms in total. The lowest BCUT2D eigenvalue weighted by Crippen LogP contribution is -2.14. The van der Waals surface area contributed by atoms with Crippen molar-refractivity contribution in [3.63, 3.8) is 0 Å². The minimum Gasteiger partial charge on any atom is -0.481 e. The number of aliphatic carboxylic acids is 1. The van der Waals surface area contributed by atoms with Crippen molar-refractivity contribution in [2.75, 3.05) is 12.4 Å². The molecule has 0 fully saturated rings. The van der Waals surface area contributed by atoms with Crippen molar-refractivity contribution in [2.45, 2.75) is 25.9 Å². The molecule has 24 heavy (non-hydrogen) atoms. The first-order valence-electron chi connectivity index (χ1n) is 7.74. The molecule has 1 amide bonds. The molecule has 0 spiro atoms. The third kappa shape index (κ3) is 5.85. The van der Waals surface area contributed by atoms with E-state index in [9.17, 15) is 9.59 Å². The monoisotopic (exact) mass is 327 g/mol. The topological polar surface area (TPSA) is 75.6 Å². The van der Waals surface area contributed by atoms with Gasteiger partial charge in [0.05, 0.1) is 13.0 Å². The molecule has 0 saturated heterocycles. The standard InChI is InChI=1S/C19H21NO4/c1-24-13-16-6-2-5-15(10-16)12-18(21)20-17-7-3-4-14(11-17)8-9-19(22)23/h2-7,10-11H,8-9,12-13H2,1H3,(H,20,21)(H,22,23). The van der Waals surface area contributed by atoms with E-state index < -0.39 is 5.97 Å². The van der Waals surface area contributed by atoms with Gasteiger partial charge in [-0.15, -0.1) is 0 Å². The molecule has 0 aliphatic carbocycles. The summed E-state index contributed by atoms with van der Waals surface area (Å²) < 4.78 is 5.09. The fourth-order valence-electron chi connectivity index (χ4n) is 2.44. The van der Waals surface area contributed by atoms with E-state index in [2.05, 4.69) is 5.32 Å². The number of methoxy groups -OCH3 is 1. The van der Waals surface area contributed by atoms with Gasteiger partial charge in [0.25, 0.3) is 0 Å². The van der Waals surface area contributed by atoms with Crippen molar-refractivity contribution in [1.82, 2.24) is 0 Å². The largest absolute Gasteiger partial charge is 0.481 e.